The second-order valence-corrected chi connectivity index (χ2v) is 5.07. The number of nitrogens with two attached hydrogens (primary N) is 1. The van der Waals surface area contributed by atoms with E-state index < -0.39 is 0 Å². The molecule has 3 N–H and O–H groups in total. The van der Waals surface area contributed by atoms with Gasteiger partial charge in [0.2, 0.25) is 0 Å². The molecule has 2 heterocycles. The number of anilines is 2. The third kappa shape index (κ3) is 3.11. The molecule has 90 valence electrons. The molecule has 2 rings (SSSR count). The smallest absolute Gasteiger partial charge is 0.133 e. The number of pyridine rings is 1. The quantitative estimate of drug-likeness (QED) is 0.833. The van der Waals surface area contributed by atoms with E-state index in [1.165, 1.54) is 10.4 Å². The van der Waals surface area contributed by atoms with Gasteiger partial charge in [-0.25, -0.2) is 4.98 Å². The summed E-state index contributed by atoms with van der Waals surface area (Å²) in [6.45, 7) is 2.91. The summed E-state index contributed by atoms with van der Waals surface area (Å²) in [4.78, 5) is 5.49. The molecule has 0 bridgehead atoms. The highest BCUT2D eigenvalue weighted by Gasteiger charge is 2.03. The van der Waals surface area contributed by atoms with Crippen molar-refractivity contribution in [3.05, 3.63) is 39.2 Å². The van der Waals surface area contributed by atoms with Crippen molar-refractivity contribution in [2.75, 3.05) is 11.1 Å². The second kappa shape index (κ2) is 5.38. The Morgan fingerprint density at radius 1 is 1.47 bits per heavy atom. The summed E-state index contributed by atoms with van der Waals surface area (Å²) < 4.78 is 0. The van der Waals surface area contributed by atoms with Crippen LogP contribution in [0.15, 0.2) is 23.6 Å². The van der Waals surface area contributed by atoms with Crippen molar-refractivity contribution in [1.82, 2.24) is 4.98 Å². The van der Waals surface area contributed by atoms with Crippen molar-refractivity contribution < 1.29 is 0 Å². The molecule has 0 unspecified atom stereocenters. The van der Waals surface area contributed by atoms with Gasteiger partial charge in [0.05, 0.1) is 6.54 Å². The Morgan fingerprint density at radius 3 is 3.00 bits per heavy atom. The Labute approximate surface area is 110 Å². The number of nitrogen functional groups attached to an aromatic ring is 1. The minimum atomic E-state index is 0.411. The maximum absolute atomic E-state index is 5.84. The number of thiophene rings is 1. The predicted molar refractivity (Wildman–Crippen MR) is 74.7 cm³/mol. The van der Waals surface area contributed by atoms with Crippen LogP contribution in [-0.4, -0.2) is 4.98 Å². The molecule has 0 saturated heterocycles. The Hall–Kier alpha value is -1.26. The number of rotatable bonds is 4. The number of nitrogens with one attached hydrogen (secondary N) is 1. The average molecular weight is 268 g/mol. The van der Waals surface area contributed by atoms with E-state index in [1.54, 1.807) is 23.5 Å². The summed E-state index contributed by atoms with van der Waals surface area (Å²) in [5, 5.41) is 5.76. The summed E-state index contributed by atoms with van der Waals surface area (Å²) >= 11 is 7.59. The normalized spacial score (nSPS) is 10.5. The van der Waals surface area contributed by atoms with E-state index in [0.717, 1.165) is 13.0 Å². The fraction of sp³-hybridized carbons (Fsp3) is 0.250. The number of hydrogen-bond acceptors (Lipinski definition) is 4. The maximum atomic E-state index is 5.84. The highest BCUT2D eigenvalue weighted by molar-refractivity contribution is 7.10. The van der Waals surface area contributed by atoms with E-state index in [-0.39, 0.29) is 0 Å². The van der Waals surface area contributed by atoms with Crippen molar-refractivity contribution in [2.45, 2.75) is 19.9 Å². The third-order valence-corrected chi connectivity index (χ3v) is 3.62. The van der Waals surface area contributed by atoms with Crippen molar-refractivity contribution in [3.8, 4) is 0 Å². The molecule has 0 aliphatic rings. The van der Waals surface area contributed by atoms with Crippen LogP contribution in [0.4, 0.5) is 11.5 Å². The van der Waals surface area contributed by atoms with Gasteiger partial charge >= 0.3 is 0 Å². The zero-order chi connectivity index (χ0) is 12.3. The van der Waals surface area contributed by atoms with Crippen LogP contribution in [0.1, 0.15) is 17.4 Å². The van der Waals surface area contributed by atoms with Crippen molar-refractivity contribution in [3.63, 3.8) is 0 Å². The van der Waals surface area contributed by atoms with Gasteiger partial charge in [-0.05, 0) is 29.5 Å². The van der Waals surface area contributed by atoms with Gasteiger partial charge in [0, 0.05) is 16.6 Å². The molecule has 5 heteroatoms. The summed E-state index contributed by atoms with van der Waals surface area (Å²) in [6, 6.07) is 5.57. The van der Waals surface area contributed by atoms with E-state index in [0.29, 0.717) is 16.7 Å². The minimum Gasteiger partial charge on any atom is -0.399 e. The van der Waals surface area contributed by atoms with Gasteiger partial charge in [0.15, 0.2) is 0 Å². The molecular formula is C12H14ClN3S. The Kier molecular flexibility index (Phi) is 3.86. The SMILES string of the molecule is CCc1ccsc1CNc1cc(N)cc(Cl)n1. The first-order valence-electron chi connectivity index (χ1n) is 5.41. The highest BCUT2D eigenvalue weighted by Crippen LogP contribution is 2.20. The van der Waals surface area contributed by atoms with Gasteiger partial charge in [0.1, 0.15) is 11.0 Å². The van der Waals surface area contributed by atoms with Gasteiger partial charge in [-0.3, -0.25) is 0 Å². The van der Waals surface area contributed by atoms with Gasteiger partial charge in [-0.2, -0.15) is 0 Å². The molecule has 0 radical (unpaired) electrons. The molecule has 0 aromatic carbocycles. The van der Waals surface area contributed by atoms with Crippen LogP contribution in [0.5, 0.6) is 0 Å². The zero-order valence-corrected chi connectivity index (χ0v) is 11.1. The van der Waals surface area contributed by atoms with Crippen molar-refractivity contribution in [1.29, 1.82) is 0 Å². The van der Waals surface area contributed by atoms with E-state index in [4.69, 9.17) is 17.3 Å². The van der Waals surface area contributed by atoms with Gasteiger partial charge in [-0.15, -0.1) is 11.3 Å². The number of aromatic nitrogens is 1. The van der Waals surface area contributed by atoms with E-state index in [9.17, 15) is 0 Å². The van der Waals surface area contributed by atoms with Crippen LogP contribution >= 0.6 is 22.9 Å². The molecule has 0 spiro atoms. The largest absolute Gasteiger partial charge is 0.399 e. The van der Waals surface area contributed by atoms with Crippen LogP contribution in [0.3, 0.4) is 0 Å². The molecule has 0 aliphatic heterocycles. The monoisotopic (exact) mass is 267 g/mol. The highest BCUT2D eigenvalue weighted by atomic mass is 35.5. The fourth-order valence-corrected chi connectivity index (χ4v) is 2.75. The van der Waals surface area contributed by atoms with Crippen LogP contribution in [0, 0.1) is 0 Å². The molecule has 0 amide bonds. The number of aryl methyl sites for hydroxylation is 1. The minimum absolute atomic E-state index is 0.411. The summed E-state index contributed by atoms with van der Waals surface area (Å²) in [5.74, 6) is 0.713. The maximum Gasteiger partial charge on any atom is 0.133 e. The molecule has 2 aromatic heterocycles. The third-order valence-electron chi connectivity index (χ3n) is 2.47. The summed E-state index contributed by atoms with van der Waals surface area (Å²) in [6.07, 6.45) is 1.05. The van der Waals surface area contributed by atoms with Crippen molar-refractivity contribution >= 4 is 34.4 Å². The Balaban J connectivity index is 2.07. The first-order chi connectivity index (χ1) is 8.19. The lowest BCUT2D eigenvalue weighted by Gasteiger charge is -2.07. The van der Waals surface area contributed by atoms with Crippen LogP contribution < -0.4 is 11.1 Å². The van der Waals surface area contributed by atoms with E-state index in [2.05, 4.69) is 28.7 Å². The molecule has 0 fully saturated rings. The lowest BCUT2D eigenvalue weighted by Crippen LogP contribution is -2.02. The molecule has 0 aliphatic carbocycles. The van der Waals surface area contributed by atoms with Crippen LogP contribution in [0.25, 0.3) is 0 Å². The zero-order valence-electron chi connectivity index (χ0n) is 9.53. The number of hydrogen-bond donors (Lipinski definition) is 2. The number of nitrogens with zero attached hydrogens (tertiary/aromatic N) is 1. The average Bonchev–Trinajstić information content (AvgIpc) is 2.72. The fourth-order valence-electron chi connectivity index (χ4n) is 1.62. The van der Waals surface area contributed by atoms with E-state index >= 15 is 0 Å². The molecule has 17 heavy (non-hydrogen) atoms. The lowest BCUT2D eigenvalue weighted by atomic mass is 10.2. The first-order valence-corrected chi connectivity index (χ1v) is 6.67. The van der Waals surface area contributed by atoms with Gasteiger partial charge < -0.3 is 11.1 Å². The molecule has 0 atom stereocenters. The second-order valence-electron chi connectivity index (χ2n) is 3.68. The predicted octanol–water partition coefficient (Wildman–Crippen LogP) is 3.55. The summed E-state index contributed by atoms with van der Waals surface area (Å²) in [5.41, 5.74) is 7.70. The molecule has 0 saturated carbocycles. The lowest BCUT2D eigenvalue weighted by molar-refractivity contribution is 1.07. The van der Waals surface area contributed by atoms with Gasteiger partial charge in [-0.1, -0.05) is 18.5 Å². The van der Waals surface area contributed by atoms with Crippen molar-refractivity contribution in [2.24, 2.45) is 0 Å². The Morgan fingerprint density at radius 2 is 2.29 bits per heavy atom. The molecular weight excluding hydrogens is 254 g/mol. The summed E-state index contributed by atoms with van der Waals surface area (Å²) in [7, 11) is 0. The van der Waals surface area contributed by atoms with E-state index in [1.807, 2.05) is 0 Å². The topological polar surface area (TPSA) is 50.9 Å². The molecule has 2 aromatic rings. The van der Waals surface area contributed by atoms with Crippen LogP contribution in [0.2, 0.25) is 5.15 Å². The van der Waals surface area contributed by atoms with Crippen LogP contribution in [-0.2, 0) is 13.0 Å². The van der Waals surface area contributed by atoms with Gasteiger partial charge in [0.25, 0.3) is 0 Å². The Bertz CT molecular complexity index is 490. The first kappa shape index (κ1) is 12.2. The molecule has 3 nitrogen and oxygen atoms in total. The standard InChI is InChI=1S/C12H14ClN3S/c1-2-8-3-4-17-10(8)7-15-12-6-9(14)5-11(13)16-12/h3-6H,2,7H2,1H3,(H3,14,15,16). The number of halogens is 1.